The van der Waals surface area contributed by atoms with Gasteiger partial charge in [0.15, 0.2) is 0 Å². The molecule has 3 aliphatic heterocycles. The number of aryl methyl sites for hydroxylation is 2. The Hall–Kier alpha value is -6.42. The summed E-state index contributed by atoms with van der Waals surface area (Å²) in [7, 11) is 3.14. The molecule has 3 aromatic heterocycles. The van der Waals surface area contributed by atoms with Gasteiger partial charge in [0.1, 0.15) is 17.6 Å². The van der Waals surface area contributed by atoms with Gasteiger partial charge in [-0.05, 0) is 115 Å². The van der Waals surface area contributed by atoms with Crippen LogP contribution in [0, 0.1) is 6.92 Å². The molecule has 10 rings (SSSR count). The number of rotatable bonds is 12. The van der Waals surface area contributed by atoms with Crippen molar-refractivity contribution in [2.75, 3.05) is 81.8 Å². The van der Waals surface area contributed by atoms with E-state index in [-0.39, 0.29) is 17.7 Å². The number of carbonyl (C=O) groups excluding carboxylic acids is 3. The predicted octanol–water partition coefficient (Wildman–Crippen LogP) is 7.82. The quantitative estimate of drug-likeness (QED) is 0.0804. The number of amides is 3. The summed E-state index contributed by atoms with van der Waals surface area (Å²) < 4.78 is 10.3. The summed E-state index contributed by atoms with van der Waals surface area (Å²) in [5.41, 5.74) is 7.67. The lowest BCUT2D eigenvalue weighted by Gasteiger charge is -2.39. The van der Waals surface area contributed by atoms with E-state index in [1.165, 1.54) is 21.6 Å². The number of methoxy groups -OCH3 is 1. The SMILES string of the molecule is COc1cc(N2CCN(C(=O)CN3CCC(c4ccc5c(c4)c(C)nn5C4CCC(=O)NC4=O)CC3)CC2)c(-c2cnn(C)c2)cc1Nc1ncc(Br)c(Nc2ccc3ccccc3c2P(C)C)n1. The summed E-state index contributed by atoms with van der Waals surface area (Å²) in [4.78, 5) is 54.4. The minimum absolute atomic E-state index is 0.154. The van der Waals surface area contributed by atoms with E-state index in [1.807, 2.05) is 31.3 Å². The number of imide groups is 1. The van der Waals surface area contributed by atoms with Crippen molar-refractivity contribution >= 4 is 97.4 Å². The molecular formula is C51H56BrN12O4P. The third-order valence-corrected chi connectivity index (χ3v) is 15.7. The number of nitrogens with zero attached hydrogens (tertiary/aromatic N) is 9. The van der Waals surface area contributed by atoms with Gasteiger partial charge in [0, 0.05) is 91.3 Å². The molecular weight excluding hydrogens is 956 g/mol. The van der Waals surface area contributed by atoms with Crippen molar-refractivity contribution in [3.8, 4) is 16.9 Å². The van der Waals surface area contributed by atoms with Crippen molar-refractivity contribution in [3.05, 3.63) is 101 Å². The Kier molecular flexibility index (Phi) is 13.1. The minimum Gasteiger partial charge on any atom is -0.494 e. The Balaban J connectivity index is 0.794. The molecule has 356 valence electrons. The van der Waals surface area contributed by atoms with Gasteiger partial charge in [-0.2, -0.15) is 15.2 Å². The van der Waals surface area contributed by atoms with E-state index in [0.29, 0.717) is 74.7 Å². The average molecular weight is 1010 g/mol. The molecule has 0 saturated carbocycles. The second-order valence-corrected chi connectivity index (χ2v) is 21.5. The molecule has 0 radical (unpaired) electrons. The number of fused-ring (bicyclic) bond motifs is 2. The van der Waals surface area contributed by atoms with Crippen LogP contribution in [0.3, 0.4) is 0 Å². The Bertz CT molecular complexity index is 3100. The Morgan fingerprint density at radius 1 is 0.913 bits per heavy atom. The van der Waals surface area contributed by atoms with Gasteiger partial charge in [0.25, 0.3) is 5.91 Å². The molecule has 4 aromatic carbocycles. The Morgan fingerprint density at radius 3 is 2.45 bits per heavy atom. The largest absolute Gasteiger partial charge is 0.494 e. The van der Waals surface area contributed by atoms with Crippen LogP contribution in [-0.4, -0.2) is 123 Å². The van der Waals surface area contributed by atoms with Crippen molar-refractivity contribution < 1.29 is 19.1 Å². The zero-order valence-corrected chi connectivity index (χ0v) is 42.0. The van der Waals surface area contributed by atoms with E-state index in [4.69, 9.17) is 14.8 Å². The lowest BCUT2D eigenvalue weighted by atomic mass is 9.88. The number of nitrogens with one attached hydrogen (secondary N) is 3. The number of aromatic nitrogens is 6. The van der Waals surface area contributed by atoms with Gasteiger partial charge in [0.2, 0.25) is 17.8 Å². The fourth-order valence-electron chi connectivity index (χ4n) is 10.1. The van der Waals surface area contributed by atoms with Crippen molar-refractivity contribution in [1.29, 1.82) is 0 Å². The molecule has 0 bridgehead atoms. The fourth-order valence-corrected chi connectivity index (χ4v) is 11.7. The fraction of sp³-hybridized carbons (Fsp3) is 0.353. The zero-order chi connectivity index (χ0) is 47.9. The molecule has 3 N–H and O–H groups in total. The summed E-state index contributed by atoms with van der Waals surface area (Å²) in [6, 6.07) is 22.8. The van der Waals surface area contributed by atoms with Crippen LogP contribution in [-0.2, 0) is 21.4 Å². The number of halogens is 1. The number of piperazine rings is 1. The van der Waals surface area contributed by atoms with Crippen LogP contribution < -0.4 is 30.9 Å². The van der Waals surface area contributed by atoms with E-state index >= 15 is 0 Å². The van der Waals surface area contributed by atoms with Gasteiger partial charge in [-0.15, -0.1) is 0 Å². The first-order valence-corrected chi connectivity index (χ1v) is 26.5. The number of hydrogen-bond donors (Lipinski definition) is 3. The van der Waals surface area contributed by atoms with E-state index in [1.54, 1.807) is 22.7 Å². The first-order chi connectivity index (χ1) is 33.4. The second-order valence-electron chi connectivity index (χ2n) is 18.4. The molecule has 3 amide bonds. The summed E-state index contributed by atoms with van der Waals surface area (Å²) in [5.74, 6) is 1.68. The summed E-state index contributed by atoms with van der Waals surface area (Å²) >= 11 is 3.69. The molecule has 7 aromatic rings. The molecule has 3 aliphatic rings. The number of carbonyl (C=O) groups is 3. The van der Waals surface area contributed by atoms with Crippen LogP contribution in [0.4, 0.5) is 28.8 Å². The number of anilines is 5. The summed E-state index contributed by atoms with van der Waals surface area (Å²) in [6.45, 7) is 11.1. The number of benzene rings is 4. The van der Waals surface area contributed by atoms with Gasteiger partial charge in [-0.3, -0.25) is 34.0 Å². The van der Waals surface area contributed by atoms with Crippen LogP contribution >= 0.6 is 23.9 Å². The highest BCUT2D eigenvalue weighted by Gasteiger charge is 2.32. The van der Waals surface area contributed by atoms with Gasteiger partial charge in [-0.25, -0.2) is 4.98 Å². The molecule has 18 heteroatoms. The van der Waals surface area contributed by atoms with Gasteiger partial charge in [0.05, 0.1) is 41.2 Å². The van der Waals surface area contributed by atoms with Gasteiger partial charge in [-0.1, -0.05) is 44.3 Å². The third kappa shape index (κ3) is 9.51. The first kappa shape index (κ1) is 46.3. The molecule has 6 heterocycles. The maximum absolute atomic E-state index is 13.8. The highest BCUT2D eigenvalue weighted by Crippen LogP contribution is 2.42. The lowest BCUT2D eigenvalue weighted by molar-refractivity contribution is -0.136. The van der Waals surface area contributed by atoms with E-state index in [9.17, 15) is 14.4 Å². The Morgan fingerprint density at radius 2 is 1.71 bits per heavy atom. The van der Waals surface area contributed by atoms with E-state index in [2.05, 4.69) is 132 Å². The minimum atomic E-state index is -0.491. The highest BCUT2D eigenvalue weighted by molar-refractivity contribution is 9.10. The molecule has 69 heavy (non-hydrogen) atoms. The molecule has 1 unspecified atom stereocenters. The van der Waals surface area contributed by atoms with Crippen LogP contribution in [0.5, 0.6) is 5.75 Å². The molecule has 3 fully saturated rings. The topological polar surface area (TPSA) is 168 Å². The highest BCUT2D eigenvalue weighted by atomic mass is 79.9. The molecule has 16 nitrogen and oxygen atoms in total. The molecule has 3 saturated heterocycles. The van der Waals surface area contributed by atoms with Crippen molar-refractivity contribution in [3.63, 3.8) is 0 Å². The van der Waals surface area contributed by atoms with Crippen LogP contribution in [0.15, 0.2) is 89.8 Å². The monoisotopic (exact) mass is 1010 g/mol. The zero-order valence-electron chi connectivity index (χ0n) is 39.5. The van der Waals surface area contributed by atoms with E-state index < -0.39 is 14.0 Å². The molecule has 1 atom stereocenters. The van der Waals surface area contributed by atoms with Crippen molar-refractivity contribution in [1.82, 2.24) is 44.6 Å². The van der Waals surface area contributed by atoms with Gasteiger partial charge >= 0.3 is 0 Å². The van der Waals surface area contributed by atoms with Crippen molar-refractivity contribution in [2.45, 2.75) is 44.6 Å². The number of ether oxygens (including phenoxy) is 1. The number of piperidine rings is 2. The van der Waals surface area contributed by atoms with Crippen LogP contribution in [0.25, 0.3) is 32.8 Å². The summed E-state index contributed by atoms with van der Waals surface area (Å²) in [6.07, 6.45) is 8.28. The van der Waals surface area contributed by atoms with Crippen molar-refractivity contribution in [2.24, 2.45) is 7.05 Å². The van der Waals surface area contributed by atoms with Crippen LogP contribution in [0.1, 0.15) is 48.9 Å². The molecule has 0 spiro atoms. The lowest BCUT2D eigenvalue weighted by Crippen LogP contribution is -2.52. The third-order valence-electron chi connectivity index (χ3n) is 13.7. The predicted molar refractivity (Wildman–Crippen MR) is 277 cm³/mol. The smallest absolute Gasteiger partial charge is 0.251 e. The molecule has 0 aliphatic carbocycles. The number of hydrogen-bond acceptors (Lipinski definition) is 12. The standard InChI is InChI=1S/C51H56BrN12O4P/c1-31-37-24-34(11-13-42(37)64(59-31)43-14-15-46(65)57-50(43)67)32-16-18-61(19-17-32)30-47(66)63-22-20-62(21-23-63)44-26-45(68-3)41(25-38(44)35-27-54-60(2)29-35)56-51-53-28-39(52)49(58-51)55-40-12-10-33-8-6-7-9-36(33)48(40)69(4)5/h6-13,24-29,32,43H,14-23,30H2,1-5H3,(H,57,65,67)(H2,53,55,56,58). The normalized spacial score (nSPS) is 17.2. The maximum atomic E-state index is 13.8. The van der Waals surface area contributed by atoms with Crippen LogP contribution in [0.2, 0.25) is 0 Å². The maximum Gasteiger partial charge on any atom is 0.251 e. The number of likely N-dealkylation sites (tertiary alicyclic amines) is 1. The second kappa shape index (κ2) is 19.5. The average Bonchev–Trinajstić information content (AvgIpc) is 3.94. The van der Waals surface area contributed by atoms with Gasteiger partial charge < -0.3 is 25.2 Å². The summed E-state index contributed by atoms with van der Waals surface area (Å²) in [5, 5.41) is 23.5. The Labute approximate surface area is 410 Å². The first-order valence-electron chi connectivity index (χ1n) is 23.4. The van der Waals surface area contributed by atoms with E-state index in [0.717, 1.165) is 69.5 Å².